The average Bonchev–Trinajstić information content (AvgIpc) is 1.69. The van der Waals surface area contributed by atoms with Crippen molar-refractivity contribution in [2.45, 2.75) is 0 Å². The van der Waals surface area contributed by atoms with E-state index in [9.17, 15) is 0 Å². The Morgan fingerprint density at radius 3 is 0.733 bits per heavy atom. The maximum Gasteiger partial charge on any atom is 0.143 e. The molecule has 0 radical (unpaired) electrons. The fraction of sp³-hybridized carbons (Fsp3) is 0. The molecule has 3 aromatic heterocycles. The maximum absolute atomic E-state index is 6.45. The van der Waals surface area contributed by atoms with Crippen molar-refractivity contribution in [2.75, 3.05) is 0 Å². The van der Waals surface area contributed by atoms with Crippen LogP contribution < -0.4 is 0 Å². The summed E-state index contributed by atoms with van der Waals surface area (Å²) in [6.45, 7) is 0. The summed E-state index contributed by atoms with van der Waals surface area (Å²) in [5, 5.41) is 22.1. The second-order valence-corrected chi connectivity index (χ2v) is 27.1. The van der Waals surface area contributed by atoms with Crippen LogP contribution in [0.3, 0.4) is 0 Å². The number of para-hydroxylation sites is 5. The van der Waals surface area contributed by atoms with E-state index in [1.54, 1.807) is 0 Å². The van der Waals surface area contributed by atoms with E-state index in [2.05, 4.69) is 352 Å². The van der Waals surface area contributed by atoms with Crippen LogP contribution in [0.15, 0.2) is 401 Å². The molecular weight excluding hydrogens is 1270 g/mol. The molecule has 0 atom stereocenters. The third-order valence-corrected chi connectivity index (χ3v) is 21.2. The van der Waals surface area contributed by atoms with Crippen molar-refractivity contribution >= 4 is 130 Å². The van der Waals surface area contributed by atoms with Gasteiger partial charge in [-0.3, -0.25) is 0 Å². The van der Waals surface area contributed by atoms with Crippen molar-refractivity contribution in [1.29, 1.82) is 0 Å². The Morgan fingerprint density at radius 2 is 0.362 bits per heavy atom. The van der Waals surface area contributed by atoms with Gasteiger partial charge in [0.15, 0.2) is 0 Å². The fourth-order valence-corrected chi connectivity index (χ4v) is 16.7. The predicted molar refractivity (Wildman–Crippen MR) is 444 cm³/mol. The van der Waals surface area contributed by atoms with Gasteiger partial charge in [0.05, 0.1) is 0 Å². The number of benzene rings is 19. The van der Waals surface area contributed by atoms with Crippen LogP contribution in [0.4, 0.5) is 0 Å². The minimum atomic E-state index is 0.924. The Labute approximate surface area is 606 Å². The molecule has 490 valence electrons. The zero-order valence-electron chi connectivity index (χ0n) is 57.2. The quantitative estimate of drug-likeness (QED) is 0.149. The van der Waals surface area contributed by atoms with Crippen molar-refractivity contribution in [3.05, 3.63) is 388 Å². The van der Waals surface area contributed by atoms with Crippen LogP contribution in [0.1, 0.15) is 0 Å². The van der Waals surface area contributed by atoms with E-state index in [0.29, 0.717) is 0 Å². The highest BCUT2D eigenvalue weighted by Crippen LogP contribution is 2.50. The molecule has 3 heterocycles. The van der Waals surface area contributed by atoms with Crippen LogP contribution in [0, 0.1) is 0 Å². The molecule has 0 amide bonds. The molecule has 0 bridgehead atoms. The normalized spacial score (nSPS) is 11.6. The Bertz CT molecular complexity index is 6940. The molecule has 22 rings (SSSR count). The molecule has 0 N–H and O–H groups in total. The molecule has 0 saturated heterocycles. The molecule has 0 unspecified atom stereocenters. The van der Waals surface area contributed by atoms with Gasteiger partial charge in [-0.05, 0) is 156 Å². The largest absolute Gasteiger partial charge is 0.456 e. The third kappa shape index (κ3) is 10.3. The summed E-state index contributed by atoms with van der Waals surface area (Å²) in [5.41, 5.74) is 22.8. The van der Waals surface area contributed by atoms with Gasteiger partial charge < -0.3 is 13.3 Å². The van der Waals surface area contributed by atoms with Crippen LogP contribution in [0.25, 0.3) is 208 Å². The fourth-order valence-electron chi connectivity index (χ4n) is 16.7. The number of fused-ring (bicyclic) bond motifs is 15. The Hall–Kier alpha value is -13.9. The predicted octanol–water partition coefficient (Wildman–Crippen LogP) is 29.3. The monoisotopic (exact) mass is 1340 g/mol. The van der Waals surface area contributed by atoms with Crippen LogP contribution in [-0.4, -0.2) is 0 Å². The Balaban J connectivity index is 0.000000105. The molecule has 0 aliphatic heterocycles. The molecule has 22 aromatic rings. The van der Waals surface area contributed by atoms with Gasteiger partial charge in [0.1, 0.15) is 33.5 Å². The highest BCUT2D eigenvalue weighted by molar-refractivity contribution is 6.26. The van der Waals surface area contributed by atoms with E-state index in [-0.39, 0.29) is 0 Å². The first-order valence-electron chi connectivity index (χ1n) is 36.0. The van der Waals surface area contributed by atoms with E-state index < -0.39 is 0 Å². The van der Waals surface area contributed by atoms with Crippen LogP contribution >= 0.6 is 0 Å². The summed E-state index contributed by atoms with van der Waals surface area (Å²) in [6.07, 6.45) is 0. The van der Waals surface area contributed by atoms with E-state index in [1.807, 2.05) is 36.4 Å². The first-order chi connectivity index (χ1) is 52.1. The summed E-state index contributed by atoms with van der Waals surface area (Å²) in [4.78, 5) is 0. The van der Waals surface area contributed by atoms with Crippen molar-refractivity contribution < 1.29 is 13.3 Å². The van der Waals surface area contributed by atoms with Crippen LogP contribution in [-0.2, 0) is 0 Å². The van der Waals surface area contributed by atoms with Crippen molar-refractivity contribution in [3.8, 4) is 77.9 Å². The first kappa shape index (κ1) is 61.0. The Kier molecular flexibility index (Phi) is 14.9. The zero-order valence-corrected chi connectivity index (χ0v) is 57.2. The van der Waals surface area contributed by atoms with Gasteiger partial charge in [-0.25, -0.2) is 0 Å². The second-order valence-electron chi connectivity index (χ2n) is 27.1. The van der Waals surface area contributed by atoms with Gasteiger partial charge in [0, 0.05) is 49.0 Å². The lowest BCUT2D eigenvalue weighted by Crippen LogP contribution is -1.90. The molecular formula is C102H64O3. The maximum atomic E-state index is 6.45. The molecule has 0 spiro atoms. The highest BCUT2D eigenvalue weighted by Gasteiger charge is 2.23. The molecule has 105 heavy (non-hydrogen) atoms. The van der Waals surface area contributed by atoms with Crippen molar-refractivity contribution in [1.82, 2.24) is 0 Å². The van der Waals surface area contributed by atoms with E-state index >= 15 is 0 Å². The summed E-state index contributed by atoms with van der Waals surface area (Å²) in [7, 11) is 0. The molecule has 0 saturated carbocycles. The minimum absolute atomic E-state index is 0.924. The van der Waals surface area contributed by atoms with Gasteiger partial charge in [0.2, 0.25) is 0 Å². The molecule has 0 aliphatic carbocycles. The molecule has 19 aromatic carbocycles. The standard InChI is InChI=1S/C38H24O.2C32H20O/c1-2-11-26(12-3-1)36-30-14-4-6-16-32(30)37(33-17-7-5-15-31(33)36)27-23-21-25(22-24-27)28-18-10-19-34-29-13-8-9-20-35(29)39-38(28)34;1-2-11-21(12-3-1)30-23-14-4-6-16-25(23)31(26-17-7-5-15-24(26)30)28-19-10-18-27-22-13-8-9-20-29(22)33-32(27)28;1-2-10-21(11-3-1)31-24-13-4-6-15-26(24)32(27-16-7-5-14-25(27)31)22-18-19-30-28(20-22)23-12-8-9-17-29(23)33-30/h1-24H;2*1-20H. The van der Waals surface area contributed by atoms with E-state index in [0.717, 1.165) is 82.5 Å². The van der Waals surface area contributed by atoms with Gasteiger partial charge in [-0.2, -0.15) is 0 Å². The van der Waals surface area contributed by atoms with E-state index in [4.69, 9.17) is 13.3 Å². The highest BCUT2D eigenvalue weighted by atomic mass is 16.3. The topological polar surface area (TPSA) is 39.4 Å². The van der Waals surface area contributed by atoms with E-state index in [1.165, 1.54) is 126 Å². The summed E-state index contributed by atoms with van der Waals surface area (Å²) in [5.74, 6) is 0. The second kappa shape index (κ2) is 25.6. The molecule has 0 aliphatic rings. The minimum Gasteiger partial charge on any atom is -0.456 e. The lowest BCUT2D eigenvalue weighted by molar-refractivity contribution is 0.669. The first-order valence-corrected chi connectivity index (χ1v) is 36.0. The van der Waals surface area contributed by atoms with Crippen LogP contribution in [0.2, 0.25) is 0 Å². The third-order valence-electron chi connectivity index (χ3n) is 21.2. The number of hydrogen-bond donors (Lipinski definition) is 0. The summed E-state index contributed by atoms with van der Waals surface area (Å²) in [6, 6.07) is 138. The molecule has 0 fully saturated rings. The lowest BCUT2D eigenvalue weighted by Gasteiger charge is -2.18. The van der Waals surface area contributed by atoms with Gasteiger partial charge in [-0.15, -0.1) is 0 Å². The number of furan rings is 3. The smallest absolute Gasteiger partial charge is 0.143 e. The summed E-state index contributed by atoms with van der Waals surface area (Å²) < 4.78 is 18.9. The van der Waals surface area contributed by atoms with Crippen molar-refractivity contribution in [3.63, 3.8) is 0 Å². The Morgan fingerprint density at radius 1 is 0.124 bits per heavy atom. The number of rotatable bonds is 7. The van der Waals surface area contributed by atoms with Crippen molar-refractivity contribution in [2.24, 2.45) is 0 Å². The van der Waals surface area contributed by atoms with Gasteiger partial charge >= 0.3 is 0 Å². The van der Waals surface area contributed by atoms with Crippen LogP contribution in [0.5, 0.6) is 0 Å². The van der Waals surface area contributed by atoms with Gasteiger partial charge in [-0.1, -0.05) is 358 Å². The SMILES string of the molecule is c1ccc(-c2c3ccccc3c(-c3ccc(-c4cccc5c4oc4ccccc45)cc3)c3ccccc23)cc1.c1ccc(-c2c3ccccc3c(-c3ccc4oc5ccccc5c4c3)c3ccccc23)cc1.c1ccc(-c2c3ccccc3c(-c3cccc4c3oc3ccccc34)c3ccccc23)cc1. The summed E-state index contributed by atoms with van der Waals surface area (Å²) >= 11 is 0. The lowest BCUT2D eigenvalue weighted by atomic mass is 9.85. The van der Waals surface area contributed by atoms with Gasteiger partial charge in [0.25, 0.3) is 0 Å². The average molecular weight is 1340 g/mol. The number of hydrogen-bond acceptors (Lipinski definition) is 3. The zero-order chi connectivity index (χ0) is 69.3. The molecule has 3 nitrogen and oxygen atoms in total. The molecule has 3 heteroatoms.